The third-order valence-electron chi connectivity index (χ3n) is 4.67. The summed E-state index contributed by atoms with van der Waals surface area (Å²) in [7, 11) is 4.49. The highest BCUT2D eigenvalue weighted by Crippen LogP contribution is 2.27. The zero-order valence-corrected chi connectivity index (χ0v) is 14.1. The second-order valence-corrected chi connectivity index (χ2v) is 6.39. The number of hydrogen-bond acceptors (Lipinski definition) is 3. The van der Waals surface area contributed by atoms with E-state index in [0.717, 1.165) is 13.1 Å². The molecule has 1 aliphatic rings. The molecule has 2 unspecified atom stereocenters. The molecule has 0 spiro atoms. The molecule has 3 heteroatoms. The van der Waals surface area contributed by atoms with E-state index >= 15 is 0 Å². The Kier molecular flexibility index (Phi) is 6.07. The maximum Gasteiger partial charge on any atom is 0.0412 e. The molecule has 0 amide bonds. The molecule has 0 bridgehead atoms. The minimum absolute atomic E-state index is 0.407. The van der Waals surface area contributed by atoms with E-state index in [1.165, 1.54) is 37.1 Å². The molecule has 0 saturated carbocycles. The summed E-state index contributed by atoms with van der Waals surface area (Å²) in [6.07, 6.45) is 3.84. The van der Waals surface area contributed by atoms with Crippen molar-refractivity contribution < 1.29 is 0 Å². The first-order chi connectivity index (χ1) is 10.1. The molecule has 1 aliphatic heterocycles. The Morgan fingerprint density at radius 3 is 2.81 bits per heavy atom. The Labute approximate surface area is 130 Å². The summed E-state index contributed by atoms with van der Waals surface area (Å²) < 4.78 is 0. The SMILES string of the molecule is CCCNC(C)c1ccccc1N(C)CC1CCCN1C. The van der Waals surface area contributed by atoms with E-state index in [9.17, 15) is 0 Å². The molecule has 3 nitrogen and oxygen atoms in total. The van der Waals surface area contributed by atoms with Crippen LogP contribution in [-0.2, 0) is 0 Å². The van der Waals surface area contributed by atoms with Gasteiger partial charge in [-0.3, -0.25) is 0 Å². The first-order valence-electron chi connectivity index (χ1n) is 8.37. The number of benzene rings is 1. The molecule has 1 aromatic carbocycles. The van der Waals surface area contributed by atoms with Crippen molar-refractivity contribution in [2.24, 2.45) is 0 Å². The lowest BCUT2D eigenvalue weighted by Crippen LogP contribution is -2.37. The number of nitrogens with zero attached hydrogens (tertiary/aromatic N) is 2. The van der Waals surface area contributed by atoms with Crippen molar-refractivity contribution in [1.82, 2.24) is 10.2 Å². The van der Waals surface area contributed by atoms with Crippen LogP contribution in [0.25, 0.3) is 0 Å². The maximum absolute atomic E-state index is 3.61. The number of para-hydroxylation sites is 1. The second-order valence-electron chi connectivity index (χ2n) is 6.39. The van der Waals surface area contributed by atoms with Gasteiger partial charge in [-0.1, -0.05) is 25.1 Å². The molecule has 21 heavy (non-hydrogen) atoms. The van der Waals surface area contributed by atoms with Crippen molar-refractivity contribution in [3.63, 3.8) is 0 Å². The Morgan fingerprint density at radius 1 is 1.38 bits per heavy atom. The fourth-order valence-electron chi connectivity index (χ4n) is 3.30. The van der Waals surface area contributed by atoms with Crippen molar-refractivity contribution in [3.05, 3.63) is 29.8 Å². The number of anilines is 1. The van der Waals surface area contributed by atoms with Gasteiger partial charge >= 0.3 is 0 Å². The van der Waals surface area contributed by atoms with Gasteiger partial charge in [-0.2, -0.15) is 0 Å². The summed E-state index contributed by atoms with van der Waals surface area (Å²) >= 11 is 0. The van der Waals surface area contributed by atoms with Gasteiger partial charge in [0.1, 0.15) is 0 Å². The lowest BCUT2D eigenvalue weighted by atomic mass is 10.0. The van der Waals surface area contributed by atoms with E-state index in [2.05, 4.69) is 67.3 Å². The van der Waals surface area contributed by atoms with E-state index in [1.54, 1.807) is 0 Å². The lowest BCUT2D eigenvalue weighted by Gasteiger charge is -2.30. The average molecular weight is 289 g/mol. The molecule has 2 rings (SSSR count). The summed E-state index contributed by atoms with van der Waals surface area (Å²) in [6.45, 7) is 7.92. The first kappa shape index (κ1) is 16.3. The molecule has 1 heterocycles. The number of likely N-dealkylation sites (tertiary alicyclic amines) is 1. The molecule has 118 valence electrons. The van der Waals surface area contributed by atoms with Gasteiger partial charge in [0.05, 0.1) is 0 Å². The van der Waals surface area contributed by atoms with Gasteiger partial charge in [0, 0.05) is 31.4 Å². The van der Waals surface area contributed by atoms with E-state index in [4.69, 9.17) is 0 Å². The monoisotopic (exact) mass is 289 g/mol. The fraction of sp³-hybridized carbons (Fsp3) is 0.667. The third kappa shape index (κ3) is 4.21. The van der Waals surface area contributed by atoms with Gasteiger partial charge in [0.2, 0.25) is 0 Å². The minimum Gasteiger partial charge on any atom is -0.373 e. The molecule has 1 fully saturated rings. The van der Waals surface area contributed by atoms with Crippen LogP contribution in [0.3, 0.4) is 0 Å². The standard InChI is InChI=1S/C18H31N3/c1-5-12-19-15(2)17-10-6-7-11-18(17)21(4)14-16-9-8-13-20(16)3/h6-7,10-11,15-16,19H,5,8-9,12-14H2,1-4H3. The van der Waals surface area contributed by atoms with Crippen LogP contribution in [0.15, 0.2) is 24.3 Å². The highest BCUT2D eigenvalue weighted by Gasteiger charge is 2.23. The second kappa shape index (κ2) is 7.81. The molecule has 0 aliphatic carbocycles. The topological polar surface area (TPSA) is 18.5 Å². The van der Waals surface area contributed by atoms with Crippen molar-refractivity contribution >= 4 is 5.69 Å². The van der Waals surface area contributed by atoms with Crippen LogP contribution >= 0.6 is 0 Å². The van der Waals surface area contributed by atoms with Gasteiger partial charge in [-0.25, -0.2) is 0 Å². The molecular formula is C18H31N3. The predicted octanol–water partition coefficient (Wildman–Crippen LogP) is 3.28. The summed E-state index contributed by atoms with van der Waals surface area (Å²) in [6, 6.07) is 9.93. The van der Waals surface area contributed by atoms with Crippen LogP contribution in [0.4, 0.5) is 5.69 Å². The van der Waals surface area contributed by atoms with Crippen LogP contribution in [0.2, 0.25) is 0 Å². The van der Waals surface area contributed by atoms with Gasteiger partial charge in [-0.05, 0) is 58.0 Å². The summed E-state index contributed by atoms with van der Waals surface area (Å²) in [5, 5.41) is 3.61. The van der Waals surface area contributed by atoms with Gasteiger partial charge < -0.3 is 15.1 Å². The van der Waals surface area contributed by atoms with Crippen molar-refractivity contribution in [2.45, 2.75) is 45.2 Å². The Bertz CT molecular complexity index is 432. The number of nitrogens with one attached hydrogen (secondary N) is 1. The highest BCUT2D eigenvalue weighted by atomic mass is 15.2. The van der Waals surface area contributed by atoms with Crippen LogP contribution in [0.1, 0.15) is 44.7 Å². The van der Waals surface area contributed by atoms with Crippen molar-refractivity contribution in [1.29, 1.82) is 0 Å². The van der Waals surface area contributed by atoms with E-state index in [1.807, 2.05) is 0 Å². The average Bonchev–Trinajstić information content (AvgIpc) is 2.90. The van der Waals surface area contributed by atoms with Crippen LogP contribution < -0.4 is 10.2 Å². The Balaban J connectivity index is 2.07. The largest absolute Gasteiger partial charge is 0.373 e. The molecule has 0 aromatic heterocycles. The Hall–Kier alpha value is -1.06. The molecule has 1 N–H and O–H groups in total. The van der Waals surface area contributed by atoms with Crippen LogP contribution in [0, 0.1) is 0 Å². The number of rotatable bonds is 7. The quantitative estimate of drug-likeness (QED) is 0.831. The first-order valence-corrected chi connectivity index (χ1v) is 8.37. The zero-order chi connectivity index (χ0) is 15.2. The van der Waals surface area contributed by atoms with Crippen molar-refractivity contribution in [3.8, 4) is 0 Å². The molecule has 2 atom stereocenters. The molecule has 1 aromatic rings. The summed E-state index contributed by atoms with van der Waals surface area (Å²) in [4.78, 5) is 4.93. The van der Waals surface area contributed by atoms with Crippen molar-refractivity contribution in [2.75, 3.05) is 38.6 Å². The summed E-state index contributed by atoms with van der Waals surface area (Å²) in [5.41, 5.74) is 2.78. The minimum atomic E-state index is 0.407. The van der Waals surface area contributed by atoms with E-state index in [-0.39, 0.29) is 0 Å². The molecule has 0 radical (unpaired) electrons. The fourth-order valence-corrected chi connectivity index (χ4v) is 3.30. The lowest BCUT2D eigenvalue weighted by molar-refractivity contribution is 0.314. The van der Waals surface area contributed by atoms with Crippen LogP contribution in [0.5, 0.6) is 0 Å². The highest BCUT2D eigenvalue weighted by molar-refractivity contribution is 5.54. The third-order valence-corrected chi connectivity index (χ3v) is 4.67. The van der Waals surface area contributed by atoms with Gasteiger partial charge in [0.15, 0.2) is 0 Å². The summed E-state index contributed by atoms with van der Waals surface area (Å²) in [5.74, 6) is 0. The molecular weight excluding hydrogens is 258 g/mol. The predicted molar refractivity (Wildman–Crippen MR) is 92.1 cm³/mol. The van der Waals surface area contributed by atoms with Gasteiger partial charge in [0.25, 0.3) is 0 Å². The van der Waals surface area contributed by atoms with Gasteiger partial charge in [-0.15, -0.1) is 0 Å². The van der Waals surface area contributed by atoms with E-state index < -0.39 is 0 Å². The van der Waals surface area contributed by atoms with Crippen LogP contribution in [-0.4, -0.2) is 44.7 Å². The maximum atomic E-state index is 3.61. The molecule has 1 saturated heterocycles. The smallest absolute Gasteiger partial charge is 0.0412 e. The zero-order valence-electron chi connectivity index (χ0n) is 14.1. The normalized spacial score (nSPS) is 20.7. The number of hydrogen-bond donors (Lipinski definition) is 1. The van der Waals surface area contributed by atoms with E-state index in [0.29, 0.717) is 12.1 Å². The Morgan fingerprint density at radius 2 is 2.14 bits per heavy atom. The number of likely N-dealkylation sites (N-methyl/N-ethyl adjacent to an activating group) is 2.